The van der Waals surface area contributed by atoms with Crippen LogP contribution in [0.15, 0.2) is 0 Å². The molecule has 2 nitrogen and oxygen atoms in total. The van der Waals surface area contributed by atoms with E-state index >= 15 is 0 Å². The summed E-state index contributed by atoms with van der Waals surface area (Å²) in [5.74, 6) is 1.08. The third kappa shape index (κ3) is 4.37. The van der Waals surface area contributed by atoms with Gasteiger partial charge >= 0.3 is 0 Å². The van der Waals surface area contributed by atoms with Crippen LogP contribution in [0.4, 0.5) is 0 Å². The normalized spacial score (nSPS) is 26.5. The highest BCUT2D eigenvalue weighted by atomic mass is 32.1. The summed E-state index contributed by atoms with van der Waals surface area (Å²) in [6, 6.07) is 0.707. The van der Waals surface area contributed by atoms with Crippen molar-refractivity contribution in [2.75, 3.05) is 38.5 Å². The van der Waals surface area contributed by atoms with Crippen molar-refractivity contribution in [3.63, 3.8) is 0 Å². The molecule has 19 heavy (non-hydrogen) atoms. The Kier molecular flexibility index (Phi) is 6.04. The molecule has 1 aliphatic heterocycles. The van der Waals surface area contributed by atoms with Crippen molar-refractivity contribution in [1.29, 1.82) is 0 Å². The standard InChI is InChI=1S/C16H32N2S/c1-15(2)18-11-9-17(10-12-18)13-16(14-19)7-5-3-4-6-8-16/h15,19H,3-14H2,1-2H3. The first-order valence-electron chi connectivity index (χ1n) is 8.22. The van der Waals surface area contributed by atoms with Crippen LogP contribution in [0.2, 0.25) is 0 Å². The first kappa shape index (κ1) is 15.7. The van der Waals surface area contributed by atoms with Crippen LogP contribution in [0.3, 0.4) is 0 Å². The minimum absolute atomic E-state index is 0.514. The molecule has 2 aliphatic rings. The zero-order valence-corrected chi connectivity index (χ0v) is 13.8. The van der Waals surface area contributed by atoms with Crippen LogP contribution in [-0.4, -0.2) is 54.3 Å². The largest absolute Gasteiger partial charge is 0.300 e. The van der Waals surface area contributed by atoms with Crippen LogP contribution in [0, 0.1) is 5.41 Å². The molecular weight excluding hydrogens is 252 g/mol. The summed E-state index contributed by atoms with van der Waals surface area (Å²) in [6.45, 7) is 10.9. The lowest BCUT2D eigenvalue weighted by Crippen LogP contribution is -2.51. The van der Waals surface area contributed by atoms with Crippen molar-refractivity contribution in [2.45, 2.75) is 58.4 Å². The van der Waals surface area contributed by atoms with Gasteiger partial charge < -0.3 is 4.90 Å². The Morgan fingerprint density at radius 1 is 0.947 bits per heavy atom. The molecule has 0 unspecified atom stereocenters. The van der Waals surface area contributed by atoms with E-state index in [2.05, 4.69) is 23.6 Å². The summed E-state index contributed by atoms with van der Waals surface area (Å²) in [4.78, 5) is 5.32. The monoisotopic (exact) mass is 284 g/mol. The fourth-order valence-electron chi connectivity index (χ4n) is 3.76. The Morgan fingerprint density at radius 3 is 2.00 bits per heavy atom. The van der Waals surface area contributed by atoms with E-state index in [-0.39, 0.29) is 0 Å². The Balaban J connectivity index is 1.85. The molecule has 0 atom stereocenters. The summed E-state index contributed by atoms with van der Waals surface area (Å²) in [7, 11) is 0. The van der Waals surface area contributed by atoms with Gasteiger partial charge in [0.1, 0.15) is 0 Å². The molecule has 0 N–H and O–H groups in total. The molecule has 2 rings (SSSR count). The fourth-order valence-corrected chi connectivity index (χ4v) is 4.17. The van der Waals surface area contributed by atoms with Gasteiger partial charge in [0, 0.05) is 38.8 Å². The van der Waals surface area contributed by atoms with E-state index in [1.807, 2.05) is 0 Å². The number of hydrogen-bond donors (Lipinski definition) is 1. The van der Waals surface area contributed by atoms with E-state index in [0.717, 1.165) is 5.75 Å². The Morgan fingerprint density at radius 2 is 1.53 bits per heavy atom. The van der Waals surface area contributed by atoms with Gasteiger partial charge in [-0.15, -0.1) is 0 Å². The van der Waals surface area contributed by atoms with Crippen LogP contribution in [0.25, 0.3) is 0 Å². The quantitative estimate of drug-likeness (QED) is 0.625. The van der Waals surface area contributed by atoms with Gasteiger partial charge in [-0.05, 0) is 37.9 Å². The van der Waals surface area contributed by atoms with E-state index < -0.39 is 0 Å². The predicted octanol–water partition coefficient (Wildman–Crippen LogP) is 3.28. The third-order valence-corrected chi connectivity index (χ3v) is 5.87. The molecule has 2 fully saturated rings. The predicted molar refractivity (Wildman–Crippen MR) is 87.1 cm³/mol. The molecule has 1 saturated heterocycles. The molecule has 1 saturated carbocycles. The molecule has 0 aromatic heterocycles. The number of rotatable bonds is 4. The van der Waals surface area contributed by atoms with Gasteiger partial charge in [-0.1, -0.05) is 25.7 Å². The molecule has 112 valence electrons. The number of nitrogens with zero attached hydrogens (tertiary/aromatic N) is 2. The van der Waals surface area contributed by atoms with Crippen molar-refractivity contribution in [3.8, 4) is 0 Å². The molecule has 3 heteroatoms. The topological polar surface area (TPSA) is 6.48 Å². The van der Waals surface area contributed by atoms with E-state index in [1.165, 1.54) is 71.2 Å². The number of thiol groups is 1. The maximum Gasteiger partial charge on any atom is 0.0113 e. The fraction of sp³-hybridized carbons (Fsp3) is 1.00. The first-order valence-corrected chi connectivity index (χ1v) is 8.86. The van der Waals surface area contributed by atoms with Crippen LogP contribution < -0.4 is 0 Å². The highest BCUT2D eigenvalue weighted by molar-refractivity contribution is 7.80. The van der Waals surface area contributed by atoms with Crippen molar-refractivity contribution < 1.29 is 0 Å². The molecule has 1 heterocycles. The number of piperazine rings is 1. The SMILES string of the molecule is CC(C)N1CCN(CC2(CS)CCCCCC2)CC1. The van der Waals surface area contributed by atoms with Gasteiger partial charge in [-0.25, -0.2) is 0 Å². The summed E-state index contributed by atoms with van der Waals surface area (Å²) < 4.78 is 0. The van der Waals surface area contributed by atoms with Crippen LogP contribution in [-0.2, 0) is 0 Å². The lowest BCUT2D eigenvalue weighted by molar-refractivity contribution is 0.0717. The second-order valence-electron chi connectivity index (χ2n) is 6.98. The van der Waals surface area contributed by atoms with E-state index in [0.29, 0.717) is 11.5 Å². The molecule has 0 radical (unpaired) electrons. The van der Waals surface area contributed by atoms with Gasteiger partial charge in [0.15, 0.2) is 0 Å². The summed E-state index contributed by atoms with van der Waals surface area (Å²) in [5.41, 5.74) is 0.514. The molecule has 0 bridgehead atoms. The summed E-state index contributed by atoms with van der Waals surface area (Å²) >= 11 is 4.71. The zero-order valence-electron chi connectivity index (χ0n) is 12.9. The van der Waals surface area contributed by atoms with Gasteiger partial charge in [0.25, 0.3) is 0 Å². The number of hydrogen-bond acceptors (Lipinski definition) is 3. The highest BCUT2D eigenvalue weighted by Gasteiger charge is 2.32. The van der Waals surface area contributed by atoms with Crippen molar-refractivity contribution in [3.05, 3.63) is 0 Å². The molecule has 0 aromatic carbocycles. The highest BCUT2D eigenvalue weighted by Crippen LogP contribution is 2.37. The minimum Gasteiger partial charge on any atom is -0.300 e. The first-order chi connectivity index (χ1) is 9.15. The van der Waals surface area contributed by atoms with Gasteiger partial charge in [0.2, 0.25) is 0 Å². The van der Waals surface area contributed by atoms with E-state index in [9.17, 15) is 0 Å². The maximum atomic E-state index is 4.71. The Bertz CT molecular complexity index is 251. The van der Waals surface area contributed by atoms with E-state index in [1.54, 1.807) is 0 Å². The zero-order chi connectivity index (χ0) is 13.7. The average Bonchev–Trinajstić information content (AvgIpc) is 2.65. The minimum atomic E-state index is 0.514. The van der Waals surface area contributed by atoms with Crippen LogP contribution in [0.1, 0.15) is 52.4 Å². The summed E-state index contributed by atoms with van der Waals surface area (Å²) in [5, 5.41) is 0. The van der Waals surface area contributed by atoms with Gasteiger partial charge in [-0.3, -0.25) is 4.90 Å². The van der Waals surface area contributed by atoms with Crippen LogP contribution >= 0.6 is 12.6 Å². The van der Waals surface area contributed by atoms with Crippen molar-refractivity contribution in [1.82, 2.24) is 9.80 Å². The third-order valence-electron chi connectivity index (χ3n) is 5.20. The van der Waals surface area contributed by atoms with Gasteiger partial charge in [-0.2, -0.15) is 12.6 Å². The second-order valence-corrected chi connectivity index (χ2v) is 7.29. The molecular formula is C16H32N2S. The smallest absolute Gasteiger partial charge is 0.0113 e. The molecule has 0 amide bonds. The maximum absolute atomic E-state index is 4.71. The second kappa shape index (κ2) is 7.33. The average molecular weight is 285 g/mol. The molecule has 0 spiro atoms. The molecule has 1 aliphatic carbocycles. The van der Waals surface area contributed by atoms with Crippen LogP contribution in [0.5, 0.6) is 0 Å². The van der Waals surface area contributed by atoms with Gasteiger partial charge in [0.05, 0.1) is 0 Å². The van der Waals surface area contributed by atoms with Crippen molar-refractivity contribution >= 4 is 12.6 Å². The lowest BCUT2D eigenvalue weighted by atomic mass is 9.81. The Hall–Kier alpha value is 0.270. The van der Waals surface area contributed by atoms with E-state index in [4.69, 9.17) is 12.6 Å². The summed E-state index contributed by atoms with van der Waals surface area (Å²) in [6.07, 6.45) is 8.54. The Labute approximate surface area is 125 Å². The molecule has 0 aromatic rings. The lowest BCUT2D eigenvalue weighted by Gasteiger charge is -2.42. The van der Waals surface area contributed by atoms with Crippen molar-refractivity contribution in [2.24, 2.45) is 5.41 Å².